The van der Waals surface area contributed by atoms with E-state index in [0.717, 1.165) is 31.5 Å². The molecule has 1 aliphatic carbocycles. The molecule has 9 heteroatoms. The van der Waals surface area contributed by atoms with E-state index in [9.17, 15) is 14.7 Å². The number of aromatic amines is 1. The molecule has 1 aromatic heterocycles. The van der Waals surface area contributed by atoms with Gasteiger partial charge in [-0.15, -0.1) is 0 Å². The van der Waals surface area contributed by atoms with Gasteiger partial charge in [-0.2, -0.15) is 0 Å². The third-order valence-electron chi connectivity index (χ3n) is 7.49. The second-order valence-electron chi connectivity index (χ2n) is 9.99. The van der Waals surface area contributed by atoms with Crippen molar-refractivity contribution in [1.29, 1.82) is 0 Å². The molecule has 0 bridgehead atoms. The molecule has 8 nitrogen and oxygen atoms in total. The van der Waals surface area contributed by atoms with Crippen molar-refractivity contribution in [3.8, 4) is 0 Å². The molecule has 2 atom stereocenters. The molecule has 31 heavy (non-hydrogen) atoms. The zero-order valence-corrected chi connectivity index (χ0v) is 18.6. The van der Waals surface area contributed by atoms with Crippen LogP contribution in [0.25, 0.3) is 0 Å². The van der Waals surface area contributed by atoms with Gasteiger partial charge < -0.3 is 25.9 Å². The van der Waals surface area contributed by atoms with Crippen molar-refractivity contribution >= 4 is 13.1 Å². The number of unbranched alkanes of at least 4 members (excludes halogenated alkanes) is 1. The van der Waals surface area contributed by atoms with E-state index in [0.29, 0.717) is 32.1 Å². The summed E-state index contributed by atoms with van der Waals surface area (Å²) in [5.41, 5.74) is 7.29. The molecule has 1 saturated heterocycles. The summed E-state index contributed by atoms with van der Waals surface area (Å²) in [6.45, 7) is 5.91. The Balaban J connectivity index is 1.67. The molecule has 1 aliphatic heterocycles. The Morgan fingerprint density at radius 3 is 2.58 bits per heavy atom. The van der Waals surface area contributed by atoms with Gasteiger partial charge in [0.2, 0.25) is 5.56 Å². The van der Waals surface area contributed by atoms with E-state index in [-0.39, 0.29) is 29.3 Å². The van der Waals surface area contributed by atoms with Gasteiger partial charge in [0.25, 0.3) is 0 Å². The quantitative estimate of drug-likeness (QED) is 0.310. The van der Waals surface area contributed by atoms with Crippen molar-refractivity contribution in [3.05, 3.63) is 33.7 Å². The summed E-state index contributed by atoms with van der Waals surface area (Å²) in [7, 11) is -1.36. The number of pyridine rings is 1. The van der Waals surface area contributed by atoms with Crippen molar-refractivity contribution in [2.45, 2.75) is 82.1 Å². The topological polar surface area (TPSA) is 140 Å². The van der Waals surface area contributed by atoms with Crippen molar-refractivity contribution in [1.82, 2.24) is 9.88 Å². The zero-order valence-electron chi connectivity index (χ0n) is 18.6. The number of rotatable bonds is 8. The van der Waals surface area contributed by atoms with E-state index in [1.165, 1.54) is 5.56 Å². The first-order chi connectivity index (χ1) is 14.5. The number of nitrogens with zero attached hydrogens (tertiary/aromatic N) is 1. The molecule has 2 unspecified atom stereocenters. The number of H-pyrrole nitrogens is 1. The summed E-state index contributed by atoms with van der Waals surface area (Å²) in [5, 5.41) is 27.8. The number of hydrogen-bond donors (Lipinski definition) is 5. The number of aromatic nitrogens is 1. The van der Waals surface area contributed by atoms with Gasteiger partial charge in [0, 0.05) is 18.3 Å². The van der Waals surface area contributed by atoms with Crippen LogP contribution in [0.5, 0.6) is 0 Å². The number of aliphatic carboxylic acids is 1. The van der Waals surface area contributed by atoms with Crippen molar-refractivity contribution in [3.63, 3.8) is 0 Å². The zero-order chi connectivity index (χ0) is 22.8. The van der Waals surface area contributed by atoms with Gasteiger partial charge in [-0.1, -0.05) is 26.7 Å². The van der Waals surface area contributed by atoms with Crippen LogP contribution in [0.3, 0.4) is 0 Å². The van der Waals surface area contributed by atoms with Crippen LogP contribution < -0.4 is 11.3 Å². The number of carboxylic acid groups (broad SMARTS) is 1. The van der Waals surface area contributed by atoms with Gasteiger partial charge >= 0.3 is 13.1 Å². The van der Waals surface area contributed by atoms with Gasteiger partial charge in [-0.25, -0.2) is 0 Å². The van der Waals surface area contributed by atoms with Crippen molar-refractivity contribution < 1.29 is 19.9 Å². The Hall–Kier alpha value is -1.68. The Kier molecular flexibility index (Phi) is 7.30. The number of nitrogens with two attached hydrogens (primary N) is 1. The fourth-order valence-electron chi connectivity index (χ4n) is 5.47. The molecule has 1 aromatic rings. The molecule has 0 radical (unpaired) electrons. The average Bonchev–Trinajstić information content (AvgIpc) is 2.71. The lowest BCUT2D eigenvalue weighted by Gasteiger charge is -2.46. The Labute approximate surface area is 184 Å². The van der Waals surface area contributed by atoms with Gasteiger partial charge in [-0.3, -0.25) is 14.5 Å². The van der Waals surface area contributed by atoms with Crippen LogP contribution in [-0.2, 0) is 10.2 Å². The third-order valence-corrected chi connectivity index (χ3v) is 7.49. The first-order valence-corrected chi connectivity index (χ1v) is 11.4. The summed E-state index contributed by atoms with van der Waals surface area (Å²) < 4.78 is 0. The van der Waals surface area contributed by atoms with E-state index in [4.69, 9.17) is 15.8 Å². The minimum absolute atomic E-state index is 0.0315. The summed E-state index contributed by atoms with van der Waals surface area (Å²) in [6.07, 6.45) is 6.95. The maximum Gasteiger partial charge on any atom is 0.451 e. The number of fused-ring (bicyclic) bond motifs is 1. The summed E-state index contributed by atoms with van der Waals surface area (Å²) >= 11 is 0. The number of carbonyl (C=O) groups is 1. The largest absolute Gasteiger partial charge is 0.480 e. The molecule has 0 aromatic carbocycles. The number of carboxylic acids is 1. The highest BCUT2D eigenvalue weighted by Gasteiger charge is 2.44. The monoisotopic (exact) mass is 433 g/mol. The van der Waals surface area contributed by atoms with Crippen LogP contribution in [0, 0.1) is 5.92 Å². The highest BCUT2D eigenvalue weighted by Crippen LogP contribution is 2.44. The molecule has 3 rings (SSSR count). The van der Waals surface area contributed by atoms with Crippen LogP contribution in [0.4, 0.5) is 0 Å². The lowest BCUT2D eigenvalue weighted by Crippen LogP contribution is -2.57. The first kappa shape index (κ1) is 24.0. The molecule has 0 amide bonds. The van der Waals surface area contributed by atoms with Gasteiger partial charge in [0.15, 0.2) is 0 Å². The Morgan fingerprint density at radius 2 is 1.97 bits per heavy atom. The second-order valence-corrected chi connectivity index (χ2v) is 9.99. The smallest absolute Gasteiger partial charge is 0.451 e. The van der Waals surface area contributed by atoms with E-state index < -0.39 is 18.6 Å². The minimum Gasteiger partial charge on any atom is -0.480 e. The third kappa shape index (κ3) is 5.22. The molecule has 172 valence electrons. The van der Waals surface area contributed by atoms with E-state index in [2.05, 4.69) is 23.7 Å². The average molecular weight is 433 g/mol. The molecule has 2 heterocycles. The Morgan fingerprint density at radius 1 is 1.29 bits per heavy atom. The van der Waals surface area contributed by atoms with E-state index in [1.807, 2.05) is 6.20 Å². The minimum atomic E-state index is -1.36. The molecule has 0 spiro atoms. The number of hydrogen-bond acceptors (Lipinski definition) is 6. The number of likely N-dealkylation sites (tertiary alicyclic amines) is 1. The molecular formula is C22H36BN3O5. The normalized spacial score (nSPS) is 23.7. The maximum absolute atomic E-state index is 12.0. The summed E-state index contributed by atoms with van der Waals surface area (Å²) in [5.74, 6) is -1.09. The highest BCUT2D eigenvalue weighted by molar-refractivity contribution is 6.40. The fourth-order valence-corrected chi connectivity index (χ4v) is 5.47. The molecule has 0 saturated carbocycles. The van der Waals surface area contributed by atoms with Gasteiger partial charge in [0.05, 0.1) is 0 Å². The lowest BCUT2D eigenvalue weighted by molar-refractivity contribution is -0.147. The molecule has 2 aliphatic rings. The second kappa shape index (κ2) is 9.44. The maximum atomic E-state index is 12.0. The van der Waals surface area contributed by atoms with Crippen LogP contribution in [0.15, 0.2) is 17.1 Å². The van der Waals surface area contributed by atoms with Crippen LogP contribution in [-0.4, -0.2) is 56.8 Å². The standard InChI is InChI=1S/C22H36BN3O5/c1-21(2)9-5-18(16-14-25-19(27)13-17(16)21)26-11-6-15(7-12-26)22(24,20(28)29)8-3-4-10-23(30)31/h13-15,18,30-31H,3-12,24H2,1-2H3,(H,25,27)(H,28,29). The Bertz CT molecular complexity index is 835. The molecule has 6 N–H and O–H groups in total. The number of piperidine rings is 1. The van der Waals surface area contributed by atoms with Crippen molar-refractivity contribution in [2.24, 2.45) is 11.7 Å². The molecular weight excluding hydrogens is 397 g/mol. The first-order valence-electron chi connectivity index (χ1n) is 11.4. The van der Waals surface area contributed by atoms with Gasteiger partial charge in [-0.05, 0) is 74.0 Å². The van der Waals surface area contributed by atoms with E-state index >= 15 is 0 Å². The SMILES string of the molecule is CC1(C)CCC(N2CCC(C(N)(CCCCB(O)O)C(=O)O)CC2)c2c[nH]c(=O)cc21. The lowest BCUT2D eigenvalue weighted by atomic mass is 9.70. The highest BCUT2D eigenvalue weighted by atomic mass is 16.4. The van der Waals surface area contributed by atoms with Crippen LogP contribution >= 0.6 is 0 Å². The predicted octanol–water partition coefficient (Wildman–Crippen LogP) is 1.62. The summed E-state index contributed by atoms with van der Waals surface area (Å²) in [6, 6.07) is 1.95. The van der Waals surface area contributed by atoms with Crippen LogP contribution in [0.2, 0.25) is 6.32 Å². The predicted molar refractivity (Wildman–Crippen MR) is 120 cm³/mol. The molecule has 1 fully saturated rings. The van der Waals surface area contributed by atoms with Crippen molar-refractivity contribution in [2.75, 3.05) is 13.1 Å². The van der Waals surface area contributed by atoms with Crippen LogP contribution in [0.1, 0.15) is 76.0 Å². The fraction of sp³-hybridized carbons (Fsp3) is 0.727. The van der Waals surface area contributed by atoms with E-state index in [1.54, 1.807) is 6.07 Å². The summed E-state index contributed by atoms with van der Waals surface area (Å²) in [4.78, 5) is 29.2. The number of nitrogens with one attached hydrogen (secondary N) is 1. The van der Waals surface area contributed by atoms with Gasteiger partial charge in [0.1, 0.15) is 5.54 Å².